The van der Waals surface area contributed by atoms with Gasteiger partial charge in [0, 0.05) is 19.6 Å². The second kappa shape index (κ2) is 35.3. The molecular weight excluding hydrogens is 601 g/mol. The molecule has 272 valence electrons. The topological polar surface area (TPSA) is 117 Å². The highest BCUT2D eigenvalue weighted by Gasteiger charge is 2.25. The van der Waals surface area contributed by atoms with Crippen LogP contribution in [0.2, 0.25) is 0 Å². The first-order valence-corrected chi connectivity index (χ1v) is 20.3. The summed E-state index contributed by atoms with van der Waals surface area (Å²) in [6.07, 6.45) is 36.2. The van der Waals surface area contributed by atoms with Gasteiger partial charge in [0.15, 0.2) is 0 Å². The van der Waals surface area contributed by atoms with Crippen LogP contribution in [0.25, 0.3) is 0 Å². The van der Waals surface area contributed by atoms with Crippen LogP contribution in [0, 0.1) is 0 Å². The number of ether oxygens (including phenoxy) is 2. The van der Waals surface area contributed by atoms with Crippen molar-refractivity contribution < 1.29 is 32.8 Å². The van der Waals surface area contributed by atoms with E-state index in [1.807, 2.05) is 0 Å². The van der Waals surface area contributed by atoms with Crippen molar-refractivity contribution in [1.29, 1.82) is 0 Å². The normalized spacial score (nSPS) is 13.9. The summed E-state index contributed by atoms with van der Waals surface area (Å²) in [5, 5.41) is 0. The fourth-order valence-electron chi connectivity index (χ4n) is 5.03. The van der Waals surface area contributed by atoms with Crippen LogP contribution in [0.5, 0.6) is 0 Å². The number of carbonyl (C=O) groups excluding carboxylic acids is 1. The van der Waals surface area contributed by atoms with Gasteiger partial charge in [-0.3, -0.25) is 13.8 Å². The SMILES string of the molecule is CCCC/C=C\CCCCCCCC(=O)OC(COCCCCCCCC/C=C\CCCCCCCC)COP(=O)(O)OCCN. The molecule has 0 aliphatic rings. The number of rotatable bonds is 36. The third-order valence-corrected chi connectivity index (χ3v) is 8.83. The molecular formula is C37H72NO7P. The Morgan fingerprint density at radius 2 is 1.11 bits per heavy atom. The van der Waals surface area contributed by atoms with Gasteiger partial charge < -0.3 is 20.1 Å². The quantitative estimate of drug-likeness (QED) is 0.0292. The lowest BCUT2D eigenvalue weighted by Crippen LogP contribution is -2.28. The molecule has 46 heavy (non-hydrogen) atoms. The van der Waals surface area contributed by atoms with Crippen LogP contribution in [0.3, 0.4) is 0 Å². The van der Waals surface area contributed by atoms with Crippen LogP contribution >= 0.6 is 7.82 Å². The molecule has 0 saturated carbocycles. The first-order valence-electron chi connectivity index (χ1n) is 18.8. The molecule has 0 aliphatic heterocycles. The van der Waals surface area contributed by atoms with Crippen LogP contribution in [0.1, 0.15) is 168 Å². The van der Waals surface area contributed by atoms with Gasteiger partial charge in [0.2, 0.25) is 0 Å². The van der Waals surface area contributed by atoms with E-state index in [2.05, 4.69) is 38.2 Å². The third kappa shape index (κ3) is 34.3. The van der Waals surface area contributed by atoms with E-state index >= 15 is 0 Å². The zero-order chi connectivity index (χ0) is 33.8. The molecule has 9 heteroatoms. The lowest BCUT2D eigenvalue weighted by molar-refractivity contribution is -0.154. The van der Waals surface area contributed by atoms with Gasteiger partial charge in [-0.1, -0.05) is 128 Å². The molecule has 0 aromatic heterocycles. The Bertz CT molecular complexity index is 762. The molecule has 0 heterocycles. The number of esters is 1. The summed E-state index contributed by atoms with van der Waals surface area (Å²) in [5.74, 6) is -0.344. The van der Waals surface area contributed by atoms with Gasteiger partial charge in [-0.25, -0.2) is 4.57 Å². The molecule has 3 N–H and O–H groups in total. The second-order valence-electron chi connectivity index (χ2n) is 12.4. The Labute approximate surface area is 283 Å². The van der Waals surface area contributed by atoms with Crippen molar-refractivity contribution in [2.45, 2.75) is 174 Å². The maximum Gasteiger partial charge on any atom is 0.472 e. The number of unbranched alkanes of at least 4 members (excludes halogenated alkanes) is 19. The van der Waals surface area contributed by atoms with Crippen molar-refractivity contribution in [2.75, 3.05) is 33.0 Å². The van der Waals surface area contributed by atoms with E-state index in [9.17, 15) is 14.3 Å². The molecule has 0 amide bonds. The first-order chi connectivity index (χ1) is 22.4. The van der Waals surface area contributed by atoms with Crippen molar-refractivity contribution >= 4 is 13.8 Å². The van der Waals surface area contributed by atoms with Crippen LogP contribution < -0.4 is 5.73 Å². The van der Waals surface area contributed by atoms with E-state index in [-0.39, 0.29) is 32.3 Å². The van der Waals surface area contributed by atoms with Crippen LogP contribution in [0.4, 0.5) is 0 Å². The molecule has 0 bridgehead atoms. The molecule has 8 nitrogen and oxygen atoms in total. The summed E-state index contributed by atoms with van der Waals surface area (Å²) < 4.78 is 33.2. The lowest BCUT2D eigenvalue weighted by Gasteiger charge is -2.20. The number of phosphoric acid groups is 1. The van der Waals surface area contributed by atoms with Crippen molar-refractivity contribution in [1.82, 2.24) is 0 Å². The largest absolute Gasteiger partial charge is 0.472 e. The predicted molar refractivity (Wildman–Crippen MR) is 192 cm³/mol. The Balaban J connectivity index is 4.08. The van der Waals surface area contributed by atoms with Crippen molar-refractivity contribution in [3.63, 3.8) is 0 Å². The average molecular weight is 674 g/mol. The maximum absolute atomic E-state index is 12.5. The van der Waals surface area contributed by atoms with Gasteiger partial charge in [0.1, 0.15) is 6.10 Å². The van der Waals surface area contributed by atoms with Crippen molar-refractivity contribution in [3.05, 3.63) is 24.3 Å². The third-order valence-electron chi connectivity index (χ3n) is 7.84. The molecule has 0 saturated heterocycles. The molecule has 0 aromatic carbocycles. The minimum Gasteiger partial charge on any atom is -0.457 e. The molecule has 2 unspecified atom stereocenters. The minimum atomic E-state index is -4.27. The molecule has 0 fully saturated rings. The van der Waals surface area contributed by atoms with Gasteiger partial charge >= 0.3 is 13.8 Å². The van der Waals surface area contributed by atoms with E-state index in [1.165, 1.54) is 103 Å². The van der Waals surface area contributed by atoms with E-state index in [4.69, 9.17) is 24.3 Å². The Morgan fingerprint density at radius 3 is 1.65 bits per heavy atom. The highest BCUT2D eigenvalue weighted by molar-refractivity contribution is 7.47. The van der Waals surface area contributed by atoms with Gasteiger partial charge in [0.25, 0.3) is 0 Å². The van der Waals surface area contributed by atoms with Crippen molar-refractivity contribution in [3.8, 4) is 0 Å². The summed E-state index contributed by atoms with van der Waals surface area (Å²) >= 11 is 0. The monoisotopic (exact) mass is 674 g/mol. The number of allylic oxidation sites excluding steroid dienone is 4. The van der Waals surface area contributed by atoms with E-state index < -0.39 is 13.9 Å². The first kappa shape index (κ1) is 45.0. The van der Waals surface area contributed by atoms with E-state index in [0.29, 0.717) is 13.0 Å². The molecule has 0 spiro atoms. The fraction of sp³-hybridized carbons (Fsp3) is 0.865. The Hall–Kier alpha value is -1.02. The summed E-state index contributed by atoms with van der Waals surface area (Å²) in [6.45, 7) is 4.85. The van der Waals surface area contributed by atoms with Crippen LogP contribution in [-0.2, 0) is 27.9 Å². The van der Waals surface area contributed by atoms with Gasteiger partial charge in [-0.15, -0.1) is 0 Å². The summed E-state index contributed by atoms with van der Waals surface area (Å²) in [6, 6.07) is 0. The number of hydrogen-bond acceptors (Lipinski definition) is 7. The molecule has 2 atom stereocenters. The molecule has 0 radical (unpaired) electrons. The highest BCUT2D eigenvalue weighted by Crippen LogP contribution is 2.43. The number of nitrogens with two attached hydrogens (primary N) is 1. The zero-order valence-corrected chi connectivity index (χ0v) is 30.7. The number of carbonyl (C=O) groups is 1. The minimum absolute atomic E-state index is 0.0974. The van der Waals surface area contributed by atoms with E-state index in [0.717, 1.165) is 44.9 Å². The highest BCUT2D eigenvalue weighted by atomic mass is 31.2. The molecule has 0 aromatic rings. The summed E-state index contributed by atoms with van der Waals surface area (Å²) in [4.78, 5) is 22.3. The summed E-state index contributed by atoms with van der Waals surface area (Å²) in [5.41, 5.74) is 5.34. The van der Waals surface area contributed by atoms with Gasteiger partial charge in [0.05, 0.1) is 19.8 Å². The smallest absolute Gasteiger partial charge is 0.457 e. The average Bonchev–Trinajstić information content (AvgIpc) is 3.04. The number of hydrogen-bond donors (Lipinski definition) is 2. The Morgan fingerprint density at radius 1 is 0.630 bits per heavy atom. The molecule has 0 rings (SSSR count). The predicted octanol–water partition coefficient (Wildman–Crippen LogP) is 10.5. The van der Waals surface area contributed by atoms with Crippen molar-refractivity contribution in [2.24, 2.45) is 5.73 Å². The maximum atomic E-state index is 12.5. The number of phosphoric ester groups is 1. The second-order valence-corrected chi connectivity index (χ2v) is 13.9. The van der Waals surface area contributed by atoms with Crippen LogP contribution in [0.15, 0.2) is 24.3 Å². The van der Waals surface area contributed by atoms with E-state index in [1.54, 1.807) is 0 Å². The summed E-state index contributed by atoms with van der Waals surface area (Å²) in [7, 11) is -4.27. The standard InChI is InChI=1S/C37H72NO7P/c1-3-5-7-9-11-13-15-16-17-18-19-21-23-25-27-29-32-42-34-36(35-44-46(40,41)43-33-31-38)45-37(39)30-28-26-24-22-20-14-12-10-8-6-4-2/h10,12,16-17,36H,3-9,11,13-15,18-35,38H2,1-2H3,(H,40,41)/b12-10-,17-16-. The van der Waals surface area contributed by atoms with Gasteiger partial charge in [-0.05, 0) is 57.8 Å². The molecule has 0 aliphatic carbocycles. The lowest BCUT2D eigenvalue weighted by atomic mass is 10.1. The zero-order valence-electron chi connectivity index (χ0n) is 29.8. The van der Waals surface area contributed by atoms with Gasteiger partial charge in [-0.2, -0.15) is 0 Å². The Kier molecular flexibility index (Phi) is 34.5. The van der Waals surface area contributed by atoms with Crippen LogP contribution in [-0.4, -0.2) is 49.9 Å². The fourth-order valence-corrected chi connectivity index (χ4v) is 5.79.